The molecule has 2 rings (SSSR count). The average molecular weight is 262 g/mol. The van der Waals surface area contributed by atoms with Gasteiger partial charge in [-0.15, -0.1) is 9.24 Å². The second-order valence-corrected chi connectivity index (χ2v) is 7.66. The highest BCUT2D eigenvalue weighted by Crippen LogP contribution is 2.27. The third-order valence-electron chi connectivity index (χ3n) is 3.17. The van der Waals surface area contributed by atoms with E-state index in [0.29, 0.717) is 0 Å². The maximum Gasteiger partial charge on any atom is 0.112 e. The van der Waals surface area contributed by atoms with Crippen LogP contribution < -0.4 is 5.30 Å². The molecule has 18 heavy (non-hydrogen) atoms. The highest BCUT2D eigenvalue weighted by atomic mass is 31.0. The largest absolute Gasteiger partial charge is 0.342 e. The fraction of sp³-hybridized carbons (Fsp3) is 0.533. The van der Waals surface area contributed by atoms with Crippen LogP contribution in [0.5, 0.6) is 0 Å². The molecule has 1 aromatic carbocycles. The Hall–Kier alpha value is -0.880. The monoisotopic (exact) mass is 262 g/mol. The number of benzene rings is 1. The van der Waals surface area contributed by atoms with Crippen molar-refractivity contribution in [3.05, 3.63) is 23.5 Å². The third-order valence-corrected chi connectivity index (χ3v) is 3.65. The highest BCUT2D eigenvalue weighted by molar-refractivity contribution is 7.27. The molecule has 0 fully saturated rings. The zero-order chi connectivity index (χ0) is 13.7. The molecule has 0 aliphatic carbocycles. The summed E-state index contributed by atoms with van der Waals surface area (Å²) in [5.41, 5.74) is 3.73. The van der Waals surface area contributed by atoms with Crippen LogP contribution in [0.15, 0.2) is 12.1 Å². The lowest BCUT2D eigenvalue weighted by Gasteiger charge is -2.21. The zero-order valence-electron chi connectivity index (χ0n) is 12.2. The van der Waals surface area contributed by atoms with Crippen LogP contribution in [0.1, 0.15) is 52.9 Å². The van der Waals surface area contributed by atoms with Gasteiger partial charge in [-0.1, -0.05) is 41.5 Å². The van der Waals surface area contributed by atoms with Crippen molar-refractivity contribution in [2.75, 3.05) is 0 Å². The highest BCUT2D eigenvalue weighted by Gasteiger charge is 2.21. The summed E-state index contributed by atoms with van der Waals surface area (Å²) in [7, 11) is 2.84. The number of aromatic nitrogens is 2. The molecule has 0 bridgehead atoms. The van der Waals surface area contributed by atoms with E-state index in [9.17, 15) is 0 Å². The first-order valence-corrected chi connectivity index (χ1v) is 6.97. The van der Waals surface area contributed by atoms with E-state index in [4.69, 9.17) is 4.98 Å². The maximum absolute atomic E-state index is 4.73. The van der Waals surface area contributed by atoms with Crippen molar-refractivity contribution in [1.82, 2.24) is 9.97 Å². The first-order chi connectivity index (χ1) is 8.09. The molecule has 2 nitrogen and oxygen atoms in total. The Kier molecular flexibility index (Phi) is 3.06. The lowest BCUT2D eigenvalue weighted by atomic mass is 9.87. The van der Waals surface area contributed by atoms with Gasteiger partial charge in [-0.2, -0.15) is 0 Å². The standard InChI is InChI=1S/C15H23N2P/c1-14(2,3)9-7-10-11(8-12(9)18)17-13(16-10)15(4,5)6/h7-8H,18H2,1-6H3,(H,16,17). The Bertz CT molecular complexity index is 583. The van der Waals surface area contributed by atoms with E-state index in [2.05, 4.69) is 67.9 Å². The molecule has 1 unspecified atom stereocenters. The summed E-state index contributed by atoms with van der Waals surface area (Å²) in [6, 6.07) is 4.40. The molecule has 0 aliphatic rings. The topological polar surface area (TPSA) is 28.7 Å². The molecular weight excluding hydrogens is 239 g/mol. The Balaban J connectivity index is 2.65. The van der Waals surface area contributed by atoms with Gasteiger partial charge < -0.3 is 4.98 Å². The van der Waals surface area contributed by atoms with Crippen molar-refractivity contribution in [3.8, 4) is 0 Å². The molecule has 1 atom stereocenters. The lowest BCUT2D eigenvalue weighted by molar-refractivity contribution is 0.554. The van der Waals surface area contributed by atoms with E-state index in [1.54, 1.807) is 0 Å². The zero-order valence-corrected chi connectivity index (χ0v) is 13.3. The Morgan fingerprint density at radius 2 is 1.61 bits per heavy atom. The maximum atomic E-state index is 4.73. The van der Waals surface area contributed by atoms with Gasteiger partial charge in [0.1, 0.15) is 5.82 Å². The number of imidazole rings is 1. The van der Waals surface area contributed by atoms with Gasteiger partial charge in [0, 0.05) is 5.41 Å². The van der Waals surface area contributed by atoms with E-state index >= 15 is 0 Å². The van der Waals surface area contributed by atoms with Gasteiger partial charge in [-0.25, -0.2) is 4.98 Å². The average Bonchev–Trinajstić information content (AvgIpc) is 2.56. The minimum Gasteiger partial charge on any atom is -0.342 e. The van der Waals surface area contributed by atoms with Crippen LogP contribution in [-0.2, 0) is 10.8 Å². The second-order valence-electron chi connectivity index (χ2n) is 7.04. The van der Waals surface area contributed by atoms with Crippen LogP contribution in [0.4, 0.5) is 0 Å². The SMILES string of the molecule is CC(C)(C)c1nc2cc(C(C)(C)C)c(P)cc2[nH]1. The van der Waals surface area contributed by atoms with Crippen molar-refractivity contribution in [1.29, 1.82) is 0 Å². The molecular formula is C15H23N2P. The van der Waals surface area contributed by atoms with E-state index in [1.165, 1.54) is 10.9 Å². The number of rotatable bonds is 0. The molecule has 3 heteroatoms. The predicted molar refractivity (Wildman–Crippen MR) is 82.8 cm³/mol. The molecule has 0 radical (unpaired) electrons. The van der Waals surface area contributed by atoms with Gasteiger partial charge in [-0.05, 0) is 28.4 Å². The second kappa shape index (κ2) is 4.06. The van der Waals surface area contributed by atoms with Crippen molar-refractivity contribution < 1.29 is 0 Å². The fourth-order valence-electron chi connectivity index (χ4n) is 2.08. The number of nitrogens with zero attached hydrogens (tertiary/aromatic N) is 1. The summed E-state index contributed by atoms with van der Waals surface area (Å²) in [6.07, 6.45) is 0. The Morgan fingerprint density at radius 3 is 2.11 bits per heavy atom. The summed E-state index contributed by atoms with van der Waals surface area (Å²) in [5, 5.41) is 1.25. The molecule has 0 saturated heterocycles. The molecule has 0 amide bonds. The molecule has 1 N–H and O–H groups in total. The minimum atomic E-state index is 0.0575. The molecule has 1 aromatic heterocycles. The molecule has 1 heterocycles. The third kappa shape index (κ3) is 2.44. The van der Waals surface area contributed by atoms with Crippen LogP contribution in [-0.4, -0.2) is 9.97 Å². The van der Waals surface area contributed by atoms with Crippen LogP contribution in [0.3, 0.4) is 0 Å². The van der Waals surface area contributed by atoms with E-state index in [-0.39, 0.29) is 10.8 Å². The summed E-state index contributed by atoms with van der Waals surface area (Å²) in [6.45, 7) is 13.2. The minimum absolute atomic E-state index is 0.0575. The molecule has 0 aliphatic heterocycles. The number of aromatic amines is 1. The lowest BCUT2D eigenvalue weighted by Crippen LogP contribution is -2.18. The number of fused-ring (bicyclic) bond motifs is 1. The number of hydrogen-bond donors (Lipinski definition) is 1. The Morgan fingerprint density at radius 1 is 1.00 bits per heavy atom. The summed E-state index contributed by atoms with van der Waals surface area (Å²) in [4.78, 5) is 8.17. The van der Waals surface area contributed by atoms with Gasteiger partial charge >= 0.3 is 0 Å². The van der Waals surface area contributed by atoms with Gasteiger partial charge in [-0.3, -0.25) is 0 Å². The van der Waals surface area contributed by atoms with Crippen LogP contribution in [0.2, 0.25) is 0 Å². The summed E-state index contributed by atoms with van der Waals surface area (Å²) < 4.78 is 0. The number of H-pyrrole nitrogens is 1. The van der Waals surface area contributed by atoms with Crippen molar-refractivity contribution >= 4 is 25.6 Å². The molecule has 98 valence electrons. The predicted octanol–water partition coefficient (Wildman–Crippen LogP) is 3.66. The van der Waals surface area contributed by atoms with E-state index < -0.39 is 0 Å². The van der Waals surface area contributed by atoms with Gasteiger partial charge in [0.2, 0.25) is 0 Å². The van der Waals surface area contributed by atoms with E-state index in [1.807, 2.05) is 0 Å². The van der Waals surface area contributed by atoms with E-state index in [0.717, 1.165) is 16.9 Å². The van der Waals surface area contributed by atoms with Crippen molar-refractivity contribution in [2.45, 2.75) is 52.4 Å². The molecule has 0 spiro atoms. The molecule has 2 aromatic rings. The quantitative estimate of drug-likeness (QED) is 0.721. The van der Waals surface area contributed by atoms with Crippen molar-refractivity contribution in [2.24, 2.45) is 0 Å². The van der Waals surface area contributed by atoms with Gasteiger partial charge in [0.15, 0.2) is 0 Å². The first kappa shape index (κ1) is 13.5. The van der Waals surface area contributed by atoms with Crippen LogP contribution in [0, 0.1) is 0 Å². The summed E-state index contributed by atoms with van der Waals surface area (Å²) >= 11 is 0. The van der Waals surface area contributed by atoms with Crippen LogP contribution in [0.25, 0.3) is 11.0 Å². The number of hydrogen-bond acceptors (Lipinski definition) is 1. The summed E-state index contributed by atoms with van der Waals surface area (Å²) in [5.74, 6) is 1.05. The number of nitrogens with one attached hydrogen (secondary N) is 1. The van der Waals surface area contributed by atoms with Gasteiger partial charge in [0.25, 0.3) is 0 Å². The smallest absolute Gasteiger partial charge is 0.112 e. The fourth-order valence-corrected chi connectivity index (χ4v) is 2.76. The molecule has 0 saturated carbocycles. The van der Waals surface area contributed by atoms with Gasteiger partial charge in [0.05, 0.1) is 11.0 Å². The normalized spacial score (nSPS) is 13.3. The first-order valence-electron chi connectivity index (χ1n) is 6.39. The van der Waals surface area contributed by atoms with Crippen LogP contribution >= 0.6 is 9.24 Å². The Labute approximate surface area is 112 Å². The van der Waals surface area contributed by atoms with Crippen molar-refractivity contribution in [3.63, 3.8) is 0 Å².